The van der Waals surface area contributed by atoms with Crippen molar-refractivity contribution in [2.24, 2.45) is 34.0 Å². The molecule has 0 bridgehead atoms. The SMILES string of the molecule is CC1(C)CC(=O)C=C2CC[C@H]3[C@@H]4CC[C@@H](O)[C@@]4(C)CC[C@@H]3[C@]21C. The summed E-state index contributed by atoms with van der Waals surface area (Å²) in [6, 6.07) is 0. The maximum atomic E-state index is 12.2. The predicted octanol–water partition coefficient (Wildman–Crippen LogP) is 4.52. The molecule has 0 amide bonds. The first kappa shape index (κ1) is 15.9. The van der Waals surface area contributed by atoms with Gasteiger partial charge in [-0.05, 0) is 78.6 Å². The van der Waals surface area contributed by atoms with Gasteiger partial charge in [0.1, 0.15) is 0 Å². The maximum absolute atomic E-state index is 12.2. The van der Waals surface area contributed by atoms with Gasteiger partial charge in [0.15, 0.2) is 5.78 Å². The summed E-state index contributed by atoms with van der Waals surface area (Å²) in [5.41, 5.74) is 1.80. The minimum Gasteiger partial charge on any atom is -0.393 e. The molecule has 1 N–H and O–H groups in total. The van der Waals surface area contributed by atoms with Crippen LogP contribution >= 0.6 is 0 Å². The third-order valence-electron chi connectivity index (χ3n) is 8.90. The van der Waals surface area contributed by atoms with E-state index in [9.17, 15) is 9.90 Å². The molecule has 0 aromatic carbocycles. The summed E-state index contributed by atoms with van der Waals surface area (Å²) in [4.78, 5) is 12.2. The number of fused-ring (bicyclic) bond motifs is 5. The first-order valence-corrected chi connectivity index (χ1v) is 9.62. The van der Waals surface area contributed by atoms with Crippen molar-refractivity contribution in [2.75, 3.05) is 0 Å². The van der Waals surface area contributed by atoms with Gasteiger partial charge in [0.05, 0.1) is 6.10 Å². The second kappa shape index (κ2) is 4.71. The van der Waals surface area contributed by atoms with Crippen LogP contribution in [0.3, 0.4) is 0 Å². The average Bonchev–Trinajstić information content (AvgIpc) is 2.76. The van der Waals surface area contributed by atoms with Gasteiger partial charge < -0.3 is 5.11 Å². The Bertz CT molecular complexity index is 574. The third kappa shape index (κ3) is 1.88. The maximum Gasteiger partial charge on any atom is 0.156 e. The molecule has 4 rings (SSSR count). The molecule has 0 heterocycles. The number of aliphatic hydroxyl groups is 1. The second-order valence-corrected chi connectivity index (χ2v) is 9.95. The van der Waals surface area contributed by atoms with Gasteiger partial charge in [-0.2, -0.15) is 0 Å². The Morgan fingerprint density at radius 2 is 1.78 bits per heavy atom. The molecule has 0 aliphatic heterocycles. The van der Waals surface area contributed by atoms with Crippen LogP contribution in [-0.4, -0.2) is 17.0 Å². The van der Waals surface area contributed by atoms with Gasteiger partial charge in [-0.1, -0.05) is 33.3 Å². The number of carbonyl (C=O) groups is 1. The van der Waals surface area contributed by atoms with E-state index in [1.54, 1.807) is 0 Å². The van der Waals surface area contributed by atoms with Crippen LogP contribution in [0.5, 0.6) is 0 Å². The molecule has 6 atom stereocenters. The Kier molecular flexibility index (Phi) is 3.25. The van der Waals surface area contributed by atoms with Crippen LogP contribution in [0.4, 0.5) is 0 Å². The van der Waals surface area contributed by atoms with E-state index in [0.29, 0.717) is 24.0 Å². The average molecular weight is 316 g/mol. The molecule has 0 saturated heterocycles. The van der Waals surface area contributed by atoms with E-state index in [2.05, 4.69) is 27.7 Å². The van der Waals surface area contributed by atoms with Gasteiger partial charge in [-0.15, -0.1) is 0 Å². The number of hydrogen-bond acceptors (Lipinski definition) is 2. The van der Waals surface area contributed by atoms with Crippen molar-refractivity contribution in [3.05, 3.63) is 11.6 Å². The molecule has 4 aliphatic carbocycles. The topological polar surface area (TPSA) is 37.3 Å². The summed E-state index contributed by atoms with van der Waals surface area (Å²) in [5, 5.41) is 10.6. The minimum atomic E-state index is -0.0980. The van der Waals surface area contributed by atoms with Crippen molar-refractivity contribution >= 4 is 5.78 Å². The summed E-state index contributed by atoms with van der Waals surface area (Å²) in [6.07, 6.45) is 9.49. The van der Waals surface area contributed by atoms with Crippen LogP contribution < -0.4 is 0 Å². The summed E-state index contributed by atoms with van der Waals surface area (Å²) in [5.74, 6) is 2.44. The minimum absolute atomic E-state index is 0.0580. The van der Waals surface area contributed by atoms with E-state index < -0.39 is 0 Å². The highest BCUT2D eigenvalue weighted by molar-refractivity contribution is 5.92. The van der Waals surface area contributed by atoms with E-state index in [1.165, 1.54) is 24.8 Å². The highest BCUT2D eigenvalue weighted by Crippen LogP contribution is 2.68. The molecule has 0 unspecified atom stereocenters. The van der Waals surface area contributed by atoms with E-state index in [1.807, 2.05) is 6.08 Å². The lowest BCUT2D eigenvalue weighted by atomic mass is 9.42. The van der Waals surface area contributed by atoms with Crippen LogP contribution in [0.2, 0.25) is 0 Å². The lowest BCUT2D eigenvalue weighted by Crippen LogP contribution is -2.56. The molecule has 4 aliphatic rings. The van der Waals surface area contributed by atoms with Crippen LogP contribution in [0.1, 0.15) is 72.6 Å². The van der Waals surface area contributed by atoms with Crippen molar-refractivity contribution in [1.82, 2.24) is 0 Å². The van der Waals surface area contributed by atoms with Crippen molar-refractivity contribution in [3.63, 3.8) is 0 Å². The zero-order valence-corrected chi connectivity index (χ0v) is 15.2. The zero-order valence-electron chi connectivity index (χ0n) is 15.2. The van der Waals surface area contributed by atoms with Crippen molar-refractivity contribution in [2.45, 2.75) is 78.7 Å². The highest BCUT2D eigenvalue weighted by Gasteiger charge is 2.62. The van der Waals surface area contributed by atoms with Crippen molar-refractivity contribution in [3.8, 4) is 0 Å². The van der Waals surface area contributed by atoms with Crippen LogP contribution in [0.15, 0.2) is 11.6 Å². The quantitative estimate of drug-likeness (QED) is 0.713. The molecule has 2 heteroatoms. The fraction of sp³-hybridized carbons (Fsp3) is 0.857. The first-order valence-electron chi connectivity index (χ1n) is 9.62. The predicted molar refractivity (Wildman–Crippen MR) is 91.9 cm³/mol. The van der Waals surface area contributed by atoms with E-state index in [-0.39, 0.29) is 22.3 Å². The van der Waals surface area contributed by atoms with Gasteiger partial charge in [-0.3, -0.25) is 4.79 Å². The fourth-order valence-electron chi connectivity index (χ4n) is 7.22. The van der Waals surface area contributed by atoms with Gasteiger partial charge >= 0.3 is 0 Å². The standard InChI is InChI=1S/C21H32O2/c1-19(2)12-14(22)11-13-5-6-15-16-7-8-18(23)20(16,3)10-9-17(15)21(13,19)4/h11,15-18,23H,5-10,12H2,1-4H3/t15-,16-,17-,18+,20-,21-/m0/s1. The third-order valence-corrected chi connectivity index (χ3v) is 8.90. The van der Waals surface area contributed by atoms with Gasteiger partial charge in [-0.25, -0.2) is 0 Å². The monoisotopic (exact) mass is 316 g/mol. The zero-order chi connectivity index (χ0) is 16.6. The molecule has 2 nitrogen and oxygen atoms in total. The molecular formula is C21H32O2. The second-order valence-electron chi connectivity index (χ2n) is 9.95. The Hall–Kier alpha value is -0.630. The van der Waals surface area contributed by atoms with Gasteiger partial charge in [0.2, 0.25) is 0 Å². The first-order chi connectivity index (χ1) is 10.7. The fourth-order valence-corrected chi connectivity index (χ4v) is 7.22. The van der Waals surface area contributed by atoms with E-state index >= 15 is 0 Å². The van der Waals surface area contributed by atoms with Crippen LogP contribution in [-0.2, 0) is 4.79 Å². The van der Waals surface area contributed by atoms with E-state index in [0.717, 1.165) is 25.2 Å². The number of ketones is 1. The lowest BCUT2D eigenvalue weighted by Gasteiger charge is -2.62. The number of rotatable bonds is 0. The van der Waals surface area contributed by atoms with Crippen molar-refractivity contribution < 1.29 is 9.90 Å². The molecule has 3 fully saturated rings. The van der Waals surface area contributed by atoms with Crippen LogP contribution in [0.25, 0.3) is 0 Å². The molecule has 128 valence electrons. The van der Waals surface area contributed by atoms with Crippen LogP contribution in [0, 0.1) is 34.0 Å². The Labute approximate surface area is 140 Å². The highest BCUT2D eigenvalue weighted by atomic mass is 16.3. The summed E-state index contributed by atoms with van der Waals surface area (Å²) in [7, 11) is 0. The molecule has 0 aromatic rings. The molecule has 3 saturated carbocycles. The normalized spacial score (nSPS) is 51.5. The largest absolute Gasteiger partial charge is 0.393 e. The summed E-state index contributed by atoms with van der Waals surface area (Å²) < 4.78 is 0. The van der Waals surface area contributed by atoms with Crippen molar-refractivity contribution in [1.29, 1.82) is 0 Å². The number of hydrogen-bond donors (Lipinski definition) is 1. The van der Waals surface area contributed by atoms with Gasteiger partial charge in [0, 0.05) is 6.42 Å². The molecule has 0 radical (unpaired) electrons. The Morgan fingerprint density at radius 1 is 1.04 bits per heavy atom. The summed E-state index contributed by atoms with van der Waals surface area (Å²) in [6.45, 7) is 9.43. The molecule has 23 heavy (non-hydrogen) atoms. The Morgan fingerprint density at radius 3 is 2.52 bits per heavy atom. The number of allylic oxidation sites excluding steroid dienone is 1. The lowest BCUT2D eigenvalue weighted by molar-refractivity contribution is -0.129. The Balaban J connectivity index is 1.76. The molecule has 0 spiro atoms. The smallest absolute Gasteiger partial charge is 0.156 e. The summed E-state index contributed by atoms with van der Waals surface area (Å²) >= 11 is 0. The molecular weight excluding hydrogens is 284 g/mol. The molecule has 0 aromatic heterocycles. The number of carbonyl (C=O) groups excluding carboxylic acids is 1. The number of aliphatic hydroxyl groups excluding tert-OH is 1. The van der Waals surface area contributed by atoms with E-state index in [4.69, 9.17) is 0 Å². The van der Waals surface area contributed by atoms with Gasteiger partial charge in [0.25, 0.3) is 0 Å².